The van der Waals surface area contributed by atoms with Crippen LogP contribution >= 0.6 is 0 Å². The van der Waals surface area contributed by atoms with Crippen molar-refractivity contribution < 1.29 is 24.5 Å². The summed E-state index contributed by atoms with van der Waals surface area (Å²) in [6.07, 6.45) is 67.7. The van der Waals surface area contributed by atoms with Crippen molar-refractivity contribution in [2.75, 3.05) is 13.2 Å². The smallest absolute Gasteiger partial charge is 0.305 e. The normalized spacial score (nSPS) is 12.7. The van der Waals surface area contributed by atoms with Gasteiger partial charge in [0.1, 0.15) is 0 Å². The molecule has 0 aromatic heterocycles. The van der Waals surface area contributed by atoms with Crippen LogP contribution in [-0.4, -0.2) is 47.4 Å². The lowest BCUT2D eigenvalue weighted by Gasteiger charge is -2.20. The van der Waals surface area contributed by atoms with Crippen LogP contribution < -0.4 is 5.32 Å². The third-order valence-electron chi connectivity index (χ3n) is 13.7. The highest BCUT2D eigenvalue weighted by Crippen LogP contribution is 2.17. The number of aliphatic hydroxyl groups is 2. The summed E-state index contributed by atoms with van der Waals surface area (Å²) in [5, 5.41) is 23.2. The van der Waals surface area contributed by atoms with Gasteiger partial charge in [0.25, 0.3) is 0 Å². The lowest BCUT2D eigenvalue weighted by atomic mass is 10.0. The molecule has 0 spiro atoms. The Kier molecular flexibility index (Phi) is 54.5. The molecule has 0 radical (unpaired) electrons. The van der Waals surface area contributed by atoms with Crippen LogP contribution in [0.25, 0.3) is 0 Å². The van der Waals surface area contributed by atoms with Gasteiger partial charge in [0.2, 0.25) is 5.91 Å². The van der Waals surface area contributed by atoms with Gasteiger partial charge in [-0.3, -0.25) is 9.59 Å². The number of esters is 1. The number of aliphatic hydroxyl groups excluding tert-OH is 2. The summed E-state index contributed by atoms with van der Waals surface area (Å²) in [5.41, 5.74) is 0. The fourth-order valence-corrected chi connectivity index (χ4v) is 9.16. The molecule has 2 atom stereocenters. The molecule has 0 aromatic carbocycles. The highest BCUT2D eigenvalue weighted by atomic mass is 16.5. The standard InChI is InChI=1S/C60H115NO5/c1-3-5-7-9-11-13-15-17-18-19-20-21-22-23-24-25-26-27-29-32-36-40-44-48-52-58(63)57(56-62)61-59(64)53-49-45-41-37-33-30-28-31-35-39-43-47-51-55-66-60(65)54-50-46-42-38-34-16-14-12-10-8-6-4-2/h12,14,48,52,57-58,62-63H,3-11,13,15-47,49-51,53-56H2,1-2H3,(H,61,64)/b14-12-,52-48+. The third-order valence-corrected chi connectivity index (χ3v) is 13.7. The number of carbonyl (C=O) groups excluding carboxylic acids is 2. The van der Waals surface area contributed by atoms with Crippen LogP contribution in [-0.2, 0) is 14.3 Å². The Morgan fingerprint density at radius 2 is 0.712 bits per heavy atom. The number of allylic oxidation sites excluding steroid dienone is 3. The van der Waals surface area contributed by atoms with E-state index in [1.807, 2.05) is 6.08 Å². The quantitative estimate of drug-likeness (QED) is 0.0321. The fourth-order valence-electron chi connectivity index (χ4n) is 9.16. The van der Waals surface area contributed by atoms with Crippen LogP contribution in [0, 0.1) is 0 Å². The van der Waals surface area contributed by atoms with Crippen molar-refractivity contribution in [3.05, 3.63) is 24.3 Å². The van der Waals surface area contributed by atoms with Crippen molar-refractivity contribution >= 4 is 11.9 Å². The molecule has 0 saturated carbocycles. The summed E-state index contributed by atoms with van der Waals surface area (Å²) in [7, 11) is 0. The maximum Gasteiger partial charge on any atom is 0.305 e. The number of rotatable bonds is 55. The molecule has 1 amide bonds. The minimum atomic E-state index is -0.854. The topological polar surface area (TPSA) is 95.9 Å². The minimum absolute atomic E-state index is 0.0163. The number of ether oxygens (including phenoxy) is 1. The Hall–Kier alpha value is -1.66. The van der Waals surface area contributed by atoms with E-state index in [-0.39, 0.29) is 18.5 Å². The molecule has 66 heavy (non-hydrogen) atoms. The van der Waals surface area contributed by atoms with E-state index in [9.17, 15) is 19.8 Å². The lowest BCUT2D eigenvalue weighted by molar-refractivity contribution is -0.143. The molecule has 0 aliphatic heterocycles. The van der Waals surface area contributed by atoms with Crippen LogP contribution in [0.5, 0.6) is 0 Å². The van der Waals surface area contributed by atoms with E-state index < -0.39 is 12.1 Å². The van der Waals surface area contributed by atoms with Gasteiger partial charge in [-0.15, -0.1) is 0 Å². The van der Waals surface area contributed by atoms with Crippen molar-refractivity contribution in [2.45, 2.75) is 334 Å². The van der Waals surface area contributed by atoms with Crippen molar-refractivity contribution in [2.24, 2.45) is 0 Å². The van der Waals surface area contributed by atoms with Gasteiger partial charge in [-0.05, 0) is 57.8 Å². The molecule has 0 saturated heterocycles. The van der Waals surface area contributed by atoms with Gasteiger partial charge in [-0.2, -0.15) is 0 Å². The van der Waals surface area contributed by atoms with Crippen molar-refractivity contribution in [1.82, 2.24) is 5.32 Å². The summed E-state index contributed by atoms with van der Waals surface area (Å²) in [5.74, 6) is -0.0945. The summed E-state index contributed by atoms with van der Waals surface area (Å²) in [4.78, 5) is 24.5. The molecule has 2 unspecified atom stereocenters. The molecule has 0 heterocycles. The molecular weight excluding hydrogens is 815 g/mol. The van der Waals surface area contributed by atoms with Crippen molar-refractivity contribution in [3.63, 3.8) is 0 Å². The number of carbonyl (C=O) groups is 2. The number of hydrogen-bond donors (Lipinski definition) is 3. The molecule has 0 fully saturated rings. The Balaban J connectivity index is 3.48. The second kappa shape index (κ2) is 55.9. The molecular formula is C60H115NO5. The summed E-state index contributed by atoms with van der Waals surface area (Å²) in [6, 6.07) is -0.639. The maximum absolute atomic E-state index is 12.5. The van der Waals surface area contributed by atoms with Crippen LogP contribution in [0.4, 0.5) is 0 Å². The van der Waals surface area contributed by atoms with E-state index in [1.165, 1.54) is 238 Å². The molecule has 6 nitrogen and oxygen atoms in total. The van der Waals surface area contributed by atoms with Crippen LogP contribution in [0.2, 0.25) is 0 Å². The van der Waals surface area contributed by atoms with Crippen molar-refractivity contribution in [1.29, 1.82) is 0 Å². The second-order valence-corrected chi connectivity index (χ2v) is 20.3. The number of amides is 1. The SMILES string of the molecule is CCCCC/C=C\CCCCCCCC(=O)OCCCCCCCCCCCCCCCC(=O)NC(CO)C(O)/C=C/CCCCCCCCCCCCCCCCCCCCCCCC. The average Bonchev–Trinajstić information content (AvgIpc) is 3.32. The Morgan fingerprint density at radius 3 is 1.11 bits per heavy atom. The Labute approximate surface area is 411 Å². The second-order valence-electron chi connectivity index (χ2n) is 20.3. The maximum atomic E-state index is 12.5. The average molecular weight is 931 g/mol. The first-order valence-corrected chi connectivity index (χ1v) is 29.6. The van der Waals surface area contributed by atoms with E-state index in [4.69, 9.17) is 4.74 Å². The molecule has 0 rings (SSSR count). The summed E-state index contributed by atoms with van der Waals surface area (Å²) in [6.45, 7) is 4.87. The third kappa shape index (κ3) is 51.7. The summed E-state index contributed by atoms with van der Waals surface area (Å²) >= 11 is 0. The van der Waals surface area contributed by atoms with Gasteiger partial charge in [-0.1, -0.05) is 276 Å². The highest BCUT2D eigenvalue weighted by molar-refractivity contribution is 5.76. The van der Waals surface area contributed by atoms with Crippen molar-refractivity contribution in [3.8, 4) is 0 Å². The Bertz CT molecular complexity index is 1030. The fraction of sp³-hybridized carbons (Fsp3) is 0.900. The van der Waals surface area contributed by atoms with Gasteiger partial charge in [0.05, 0.1) is 25.4 Å². The van der Waals surface area contributed by atoms with Crippen LogP contribution in [0.3, 0.4) is 0 Å². The van der Waals surface area contributed by atoms with E-state index in [0.717, 1.165) is 57.8 Å². The molecule has 3 N–H and O–H groups in total. The summed E-state index contributed by atoms with van der Waals surface area (Å²) < 4.78 is 5.45. The zero-order valence-corrected chi connectivity index (χ0v) is 44.4. The number of nitrogens with one attached hydrogen (secondary N) is 1. The number of hydrogen-bond acceptors (Lipinski definition) is 5. The minimum Gasteiger partial charge on any atom is -0.466 e. The zero-order valence-electron chi connectivity index (χ0n) is 44.4. The molecule has 0 aliphatic rings. The Morgan fingerprint density at radius 1 is 0.409 bits per heavy atom. The molecule has 0 aromatic rings. The zero-order chi connectivity index (χ0) is 47.9. The van der Waals surface area contributed by atoms with Gasteiger partial charge in [-0.25, -0.2) is 0 Å². The van der Waals surface area contributed by atoms with Gasteiger partial charge in [0, 0.05) is 12.8 Å². The molecule has 0 bridgehead atoms. The lowest BCUT2D eigenvalue weighted by Crippen LogP contribution is -2.45. The number of unbranched alkanes of at least 4 members (excludes halogenated alkanes) is 42. The predicted octanol–water partition coefficient (Wildman–Crippen LogP) is 18.2. The van der Waals surface area contributed by atoms with Gasteiger partial charge >= 0.3 is 5.97 Å². The van der Waals surface area contributed by atoms with Gasteiger partial charge in [0.15, 0.2) is 0 Å². The van der Waals surface area contributed by atoms with Gasteiger partial charge < -0.3 is 20.3 Å². The first-order valence-electron chi connectivity index (χ1n) is 29.6. The largest absolute Gasteiger partial charge is 0.466 e. The van der Waals surface area contributed by atoms with E-state index in [1.54, 1.807) is 6.08 Å². The van der Waals surface area contributed by atoms with E-state index >= 15 is 0 Å². The monoisotopic (exact) mass is 930 g/mol. The van der Waals surface area contributed by atoms with E-state index in [2.05, 4.69) is 31.3 Å². The molecule has 6 heteroatoms. The molecule has 390 valence electrons. The predicted molar refractivity (Wildman–Crippen MR) is 287 cm³/mol. The van der Waals surface area contributed by atoms with Crippen LogP contribution in [0.1, 0.15) is 322 Å². The molecule has 0 aliphatic carbocycles. The first-order chi connectivity index (χ1) is 32.5. The van der Waals surface area contributed by atoms with E-state index in [0.29, 0.717) is 19.4 Å². The first kappa shape index (κ1) is 64.3. The van der Waals surface area contributed by atoms with Crippen LogP contribution in [0.15, 0.2) is 24.3 Å². The highest BCUT2D eigenvalue weighted by Gasteiger charge is 2.18.